The number of hydrogen-bond donors (Lipinski definition) is 4. The summed E-state index contributed by atoms with van der Waals surface area (Å²) < 4.78 is 8.24. The van der Waals surface area contributed by atoms with E-state index in [1.807, 2.05) is 12.1 Å². The van der Waals surface area contributed by atoms with Gasteiger partial charge in [0.05, 0.1) is 17.1 Å². The number of nitrogens with two attached hydrogens (primary N) is 1. The van der Waals surface area contributed by atoms with Gasteiger partial charge in [-0.2, -0.15) is 0 Å². The number of benzene rings is 1. The van der Waals surface area contributed by atoms with Gasteiger partial charge >= 0.3 is 0 Å². The molecule has 13 atom stereocenters. The van der Waals surface area contributed by atoms with Crippen LogP contribution < -0.4 is 5.73 Å². The Morgan fingerprint density at radius 3 is 2.66 bits per heavy atom. The third-order valence-corrected chi connectivity index (χ3v) is 17.1. The van der Waals surface area contributed by atoms with Crippen LogP contribution in [0.15, 0.2) is 30.5 Å². The predicted octanol–water partition coefficient (Wildman–Crippen LogP) is 9.49. The summed E-state index contributed by atoms with van der Waals surface area (Å²) >= 11 is 0. The highest BCUT2D eigenvalue weighted by molar-refractivity contribution is 5.40. The number of aromatic amines is 1. The van der Waals surface area contributed by atoms with Crippen LogP contribution in [-0.4, -0.2) is 38.5 Å². The summed E-state index contributed by atoms with van der Waals surface area (Å²) in [5.74, 6) is 12.1. The van der Waals surface area contributed by atoms with E-state index < -0.39 is 11.1 Å². The minimum absolute atomic E-state index is 0.0255. The molecule has 8 aliphatic rings. The van der Waals surface area contributed by atoms with Gasteiger partial charge in [0.1, 0.15) is 5.75 Å². The molecule has 2 aromatic rings. The Hall–Kier alpha value is -2.26. The number of phenolic OH excluding ortho intramolecular Hbond substituents is 1. The van der Waals surface area contributed by atoms with E-state index in [1.165, 1.54) is 80.2 Å². The number of ether oxygens (including phenoxy) is 1. The molecule has 10 rings (SSSR count). The summed E-state index contributed by atoms with van der Waals surface area (Å²) in [6, 6.07) is 8.48. The van der Waals surface area contributed by atoms with Gasteiger partial charge in [0, 0.05) is 42.3 Å². The fourth-order valence-electron chi connectivity index (χ4n) is 15.2. The SMILES string of the molecule is CCc1c[nH]c([C@H]2CCC[C@H]([C@@]3(C)O[C@@]45C[C@@H]6CC[C@H](CO)[C@](N)([C@@H]4C#CCc4cc(O)ccc4C[C@H]4C[C@H]5C[C@@]5(CC[C@@H](CC(C)C)C5)C4)[C@@H]63)C2)c1. The molecule has 1 aromatic heterocycles. The molecule has 1 aromatic carbocycles. The molecule has 5 nitrogen and oxygen atoms in total. The predicted molar refractivity (Wildman–Crippen MR) is 212 cm³/mol. The van der Waals surface area contributed by atoms with Crippen LogP contribution in [0.5, 0.6) is 5.75 Å². The molecule has 0 unspecified atom stereocenters. The lowest BCUT2D eigenvalue weighted by Gasteiger charge is -2.75. The molecule has 288 valence electrons. The first kappa shape index (κ1) is 36.4. The van der Waals surface area contributed by atoms with Gasteiger partial charge in [-0.1, -0.05) is 45.1 Å². The van der Waals surface area contributed by atoms with E-state index in [1.54, 1.807) is 0 Å². The quantitative estimate of drug-likeness (QED) is 0.224. The third kappa shape index (κ3) is 5.89. The van der Waals surface area contributed by atoms with Crippen LogP contribution in [0.2, 0.25) is 0 Å². The van der Waals surface area contributed by atoms with Crippen molar-refractivity contribution in [3.05, 3.63) is 52.8 Å². The van der Waals surface area contributed by atoms with Crippen molar-refractivity contribution in [1.82, 2.24) is 4.98 Å². The molecular weight excluding hydrogens is 653 g/mol. The number of aryl methyl sites for hydroxylation is 1. The minimum atomic E-state index is -0.601. The van der Waals surface area contributed by atoms with Gasteiger partial charge in [0.25, 0.3) is 0 Å². The Morgan fingerprint density at radius 1 is 1.00 bits per heavy atom. The van der Waals surface area contributed by atoms with Crippen LogP contribution in [0.3, 0.4) is 0 Å². The summed E-state index contributed by atoms with van der Waals surface area (Å²) in [5.41, 5.74) is 12.5. The molecule has 0 radical (unpaired) electrons. The van der Waals surface area contributed by atoms with Crippen molar-refractivity contribution < 1.29 is 14.9 Å². The van der Waals surface area contributed by atoms with E-state index in [-0.39, 0.29) is 30.0 Å². The number of hydrogen-bond acceptors (Lipinski definition) is 4. The van der Waals surface area contributed by atoms with Crippen molar-refractivity contribution in [2.75, 3.05) is 6.61 Å². The van der Waals surface area contributed by atoms with E-state index >= 15 is 0 Å². The van der Waals surface area contributed by atoms with Crippen molar-refractivity contribution in [3.63, 3.8) is 0 Å². The van der Waals surface area contributed by atoms with Crippen LogP contribution in [0.4, 0.5) is 0 Å². The molecule has 7 fully saturated rings. The first-order chi connectivity index (χ1) is 25.5. The molecule has 5 saturated carbocycles. The number of aromatic nitrogens is 1. The van der Waals surface area contributed by atoms with E-state index in [0.717, 1.165) is 56.8 Å². The van der Waals surface area contributed by atoms with Crippen molar-refractivity contribution in [3.8, 4) is 17.6 Å². The molecule has 5 heteroatoms. The van der Waals surface area contributed by atoms with Crippen molar-refractivity contribution in [1.29, 1.82) is 0 Å². The lowest BCUT2D eigenvalue weighted by atomic mass is 9.38. The maximum Gasteiger partial charge on any atom is 0.115 e. The van der Waals surface area contributed by atoms with Crippen LogP contribution in [0, 0.1) is 70.5 Å². The summed E-state index contributed by atoms with van der Waals surface area (Å²) in [4.78, 5) is 3.69. The number of H-pyrrole nitrogens is 1. The van der Waals surface area contributed by atoms with Crippen LogP contribution >= 0.6 is 0 Å². The second kappa shape index (κ2) is 13.4. The smallest absolute Gasteiger partial charge is 0.115 e. The van der Waals surface area contributed by atoms with Gasteiger partial charge in [-0.25, -0.2) is 0 Å². The third-order valence-electron chi connectivity index (χ3n) is 17.1. The molecule has 2 aliphatic heterocycles. The van der Waals surface area contributed by atoms with Gasteiger partial charge in [-0.05, 0) is 185 Å². The Labute approximate surface area is 320 Å². The molecule has 0 amide bonds. The van der Waals surface area contributed by atoms with Gasteiger partial charge in [0.15, 0.2) is 0 Å². The Morgan fingerprint density at radius 2 is 1.87 bits per heavy atom. The minimum Gasteiger partial charge on any atom is -0.508 e. The van der Waals surface area contributed by atoms with E-state index in [4.69, 9.17) is 10.5 Å². The summed E-state index contributed by atoms with van der Waals surface area (Å²) in [5, 5.41) is 21.9. The first-order valence-corrected chi connectivity index (χ1v) is 22.0. The number of rotatable bonds is 6. The number of nitrogens with one attached hydrogen (secondary N) is 1. The normalized spacial score (nSPS) is 44.5. The first-order valence-electron chi connectivity index (χ1n) is 22.0. The zero-order valence-electron chi connectivity index (χ0n) is 33.3. The zero-order chi connectivity index (χ0) is 36.8. The molecule has 6 bridgehead atoms. The number of fused-ring (bicyclic) bond motifs is 4. The molecule has 53 heavy (non-hydrogen) atoms. The number of phenols is 1. The van der Waals surface area contributed by atoms with Crippen LogP contribution in [-0.2, 0) is 24.0 Å². The van der Waals surface area contributed by atoms with Crippen LogP contribution in [0.25, 0.3) is 0 Å². The average Bonchev–Trinajstić information content (AvgIpc) is 3.76. The summed E-state index contributed by atoms with van der Waals surface area (Å²) in [6.07, 6.45) is 22.0. The van der Waals surface area contributed by atoms with Gasteiger partial charge in [0.2, 0.25) is 0 Å². The summed E-state index contributed by atoms with van der Waals surface area (Å²) in [6.45, 7) is 9.69. The zero-order valence-corrected chi connectivity index (χ0v) is 33.3. The standard InChI is InChI=1S/C48H68N2O3/c1-5-31-21-42(50-28-31)36-9-6-10-38(22-36)45(4)44-37-12-14-39(29-51)48(44,49)43-11-7-8-34-23-41(52)15-13-35(34)19-33-20-40(47(43,26-37)53-45)27-46(25-33)17-16-32(24-46)18-30(2)3/h13,15,21,23,28,30,32-33,36-40,43-44,50-52H,5-6,8-10,12,14,16-20,22,24-27,29,49H2,1-4H3/t32-,33-,36-,37-,38-,39+,40-,43+,44-,45+,46+,47+,48-/m0/s1. The molecule has 5 N–H and O–H groups in total. The maximum absolute atomic E-state index is 11.3. The highest BCUT2D eigenvalue weighted by Gasteiger charge is 2.76. The number of aromatic hydroxyl groups is 1. The van der Waals surface area contributed by atoms with Gasteiger partial charge < -0.3 is 25.7 Å². The van der Waals surface area contributed by atoms with Crippen molar-refractivity contribution in [2.24, 2.45) is 64.4 Å². The van der Waals surface area contributed by atoms with E-state index in [9.17, 15) is 10.2 Å². The fraction of sp³-hybridized carbons (Fsp3) is 0.750. The Kier molecular flexibility index (Phi) is 9.23. The highest BCUT2D eigenvalue weighted by Crippen LogP contribution is 2.71. The lowest BCUT2D eigenvalue weighted by Crippen LogP contribution is -2.84. The molecule has 3 heterocycles. The van der Waals surface area contributed by atoms with E-state index in [2.05, 4.69) is 62.8 Å². The molecule has 2 saturated heterocycles. The summed E-state index contributed by atoms with van der Waals surface area (Å²) in [7, 11) is 0. The second-order valence-electron chi connectivity index (χ2n) is 20.6. The van der Waals surface area contributed by atoms with Crippen LogP contribution in [0.1, 0.15) is 146 Å². The molecule has 2 spiro atoms. The number of aliphatic hydroxyl groups is 1. The Bertz CT molecular complexity index is 1740. The molecule has 6 aliphatic carbocycles. The van der Waals surface area contributed by atoms with Crippen molar-refractivity contribution in [2.45, 2.75) is 160 Å². The monoisotopic (exact) mass is 721 g/mol. The maximum atomic E-state index is 11.3. The van der Waals surface area contributed by atoms with Gasteiger partial charge in [-0.15, -0.1) is 0 Å². The highest BCUT2D eigenvalue weighted by atomic mass is 16.5. The fourth-order valence-corrected chi connectivity index (χ4v) is 15.2. The largest absolute Gasteiger partial charge is 0.508 e. The second-order valence-corrected chi connectivity index (χ2v) is 20.6. The Balaban J connectivity index is 1.17. The van der Waals surface area contributed by atoms with E-state index in [0.29, 0.717) is 47.2 Å². The van der Waals surface area contributed by atoms with Crippen molar-refractivity contribution >= 4 is 0 Å². The lowest BCUT2D eigenvalue weighted by molar-refractivity contribution is -0.362. The van der Waals surface area contributed by atoms with Gasteiger partial charge in [-0.3, -0.25) is 0 Å². The average molecular weight is 721 g/mol. The molecular formula is C48H68N2O3. The topological polar surface area (TPSA) is 91.5 Å². The number of aliphatic hydroxyl groups excluding tert-OH is 1.